The molecule has 2 N–H and O–H groups in total. The fraction of sp³-hybridized carbons (Fsp3) is 0.183. The van der Waals surface area contributed by atoms with E-state index >= 15 is 0 Å². The molecule has 0 aliphatic heterocycles. The van der Waals surface area contributed by atoms with Crippen molar-refractivity contribution in [2.24, 2.45) is 0 Å². The van der Waals surface area contributed by atoms with E-state index in [9.17, 15) is 0 Å². The van der Waals surface area contributed by atoms with Gasteiger partial charge in [-0.3, -0.25) is 4.98 Å². The van der Waals surface area contributed by atoms with Crippen LogP contribution in [-0.2, 0) is 50.3 Å². The molecule has 11 nitrogen and oxygen atoms in total. The maximum atomic E-state index is 9.08. The summed E-state index contributed by atoms with van der Waals surface area (Å²) >= 11 is 0. The first kappa shape index (κ1) is 70.3. The number of para-hydroxylation sites is 2. The SMILES string of the molecule is C.C#CC.CO.CO.CS(=O)(=O)[O-].C[Si](C)(C)c1ccc[c-]c1-c1cc2oc3ccccc3c2cn1.C[Si](C)(C)c1ccccc1-c1cc2oc3ccccc3c2cn1.[2H]C([2H])([2H])c1ccc(-c2[c-]cccc2)nc1.[2H]C([2H])([2H])c1ccc(-c2[c-]cccc2)nc1.[B][B][B].[Ir].[Ir]. The summed E-state index contributed by atoms with van der Waals surface area (Å²) in [7, 11) is 5.19. The summed E-state index contributed by atoms with van der Waals surface area (Å²) < 4.78 is 82.6. The Balaban J connectivity index is 0.000000598. The fourth-order valence-electron chi connectivity index (χ4n) is 8.37. The van der Waals surface area contributed by atoms with Crippen LogP contribution in [0.5, 0.6) is 0 Å². The van der Waals surface area contributed by atoms with Gasteiger partial charge in [-0.15, -0.1) is 119 Å². The monoisotopic (exact) mass is 1610 g/mol. The molecule has 90 heavy (non-hydrogen) atoms. The molecule has 19 heteroatoms. The molecular formula is C71H76B3Ir2N4O7SSi2-4. The average molecular weight is 1610 g/mol. The molecule has 0 spiro atoms. The molecule has 0 saturated carbocycles. The second kappa shape index (κ2) is 40.6. The van der Waals surface area contributed by atoms with Gasteiger partial charge in [-0.25, -0.2) is 8.42 Å². The maximum absolute atomic E-state index is 9.08. The number of nitrogens with zero attached hydrogens (tertiary/aromatic N) is 4. The normalized spacial score (nSPS) is 11.3. The molecule has 0 atom stereocenters. The van der Waals surface area contributed by atoms with Crippen LogP contribution < -0.4 is 10.4 Å². The minimum Gasteiger partial charge on any atom is -0.748 e. The molecule has 467 valence electrons. The van der Waals surface area contributed by atoms with E-state index in [1.54, 1.807) is 43.3 Å². The van der Waals surface area contributed by atoms with E-state index in [-0.39, 0.29) is 58.8 Å². The molecule has 12 aromatic rings. The molecule has 0 aliphatic rings. The molecular weight excluding hydrogens is 1530 g/mol. The van der Waals surface area contributed by atoms with Crippen molar-refractivity contribution < 1.29 is 80.5 Å². The predicted molar refractivity (Wildman–Crippen MR) is 376 cm³/mol. The van der Waals surface area contributed by atoms with Gasteiger partial charge in [-0.2, -0.15) is 0 Å². The summed E-state index contributed by atoms with van der Waals surface area (Å²) in [6.45, 7) is 11.6. The standard InChI is InChI=1S/C20H19NOSi.C20H18NOSi.2C12H10N.C3H4.CH4O3S.2CH4O.CH4.B3.2Ir/c2*1-23(2,3)20-11-7-5-9-15(20)17-12-19-16(13-21-17)14-8-4-6-10-18(14)22-19;2*1-10-7-8-12(13-9-10)11-5-3-2-4-6-11;1-3-2;1-5(2,3)4;2*1-2;;1-3-2;;/h4-13H,1-3H3;4-8,10-13H,1-3H3;2*2-5,7-9H,1H3;1H,2H3;1H3,(H,2,3,4);2*2H,1H3;1H4;;;/q;3*-1;;;;;;;;/p-1/i;;2*1D3;;;;;;;;. The van der Waals surface area contributed by atoms with Crippen molar-refractivity contribution in [3.63, 3.8) is 0 Å². The van der Waals surface area contributed by atoms with Crippen molar-refractivity contribution >= 4 is 103 Å². The van der Waals surface area contributed by atoms with Crippen molar-refractivity contribution in [1.82, 2.24) is 19.9 Å². The molecule has 0 saturated heterocycles. The second-order valence-electron chi connectivity index (χ2n) is 20.4. The number of aryl methyl sites for hydroxylation is 2. The number of rotatable bonds is 6. The van der Waals surface area contributed by atoms with Crippen LogP contribution in [0.1, 0.15) is 33.7 Å². The quantitative estimate of drug-likeness (QED) is 0.0701. The van der Waals surface area contributed by atoms with Gasteiger partial charge in [0.15, 0.2) is 0 Å². The average Bonchev–Trinajstić information content (AvgIpc) is 1.57. The molecule has 0 bridgehead atoms. The van der Waals surface area contributed by atoms with Crippen LogP contribution in [-0.4, -0.2) is 102 Å². The molecule has 6 aromatic carbocycles. The first-order chi connectivity index (χ1) is 44.0. The third-order valence-corrected chi connectivity index (χ3v) is 16.0. The van der Waals surface area contributed by atoms with E-state index in [4.69, 9.17) is 50.2 Å². The Bertz CT molecular complexity index is 4140. The number of aromatic nitrogens is 4. The fourth-order valence-corrected chi connectivity index (χ4v) is 11.5. The van der Waals surface area contributed by atoms with Gasteiger partial charge >= 0.3 is 0 Å². The van der Waals surface area contributed by atoms with Gasteiger partial charge in [0.25, 0.3) is 0 Å². The van der Waals surface area contributed by atoms with Gasteiger partial charge in [0.1, 0.15) is 22.3 Å². The number of hydrogen-bond acceptors (Lipinski definition) is 11. The van der Waals surface area contributed by atoms with E-state index < -0.39 is 40.0 Å². The van der Waals surface area contributed by atoms with Crippen molar-refractivity contribution in [2.75, 3.05) is 20.5 Å². The van der Waals surface area contributed by atoms with Gasteiger partial charge in [0.05, 0.1) is 23.9 Å². The summed E-state index contributed by atoms with van der Waals surface area (Å²) in [4.78, 5) is 17.7. The van der Waals surface area contributed by atoms with Gasteiger partial charge in [-0.1, -0.05) is 137 Å². The summed E-state index contributed by atoms with van der Waals surface area (Å²) in [6, 6.07) is 66.1. The van der Waals surface area contributed by atoms with E-state index in [0.717, 1.165) is 105 Å². The molecule has 12 rings (SSSR count). The summed E-state index contributed by atoms with van der Waals surface area (Å²) in [6.07, 6.45) is 11.8. The van der Waals surface area contributed by atoms with E-state index in [2.05, 4.69) is 150 Å². The number of terminal acetylenes is 1. The van der Waals surface area contributed by atoms with Gasteiger partial charge in [0, 0.05) is 152 Å². The molecule has 7 radical (unpaired) electrons. The zero-order valence-electron chi connectivity index (χ0n) is 57.2. The molecule has 6 heterocycles. The van der Waals surface area contributed by atoms with Crippen molar-refractivity contribution in [3.8, 4) is 57.4 Å². The third kappa shape index (κ3) is 25.3. The Morgan fingerprint density at radius 2 is 0.900 bits per heavy atom. The topological polar surface area (TPSA) is 175 Å². The molecule has 0 fully saturated rings. The zero-order chi connectivity index (χ0) is 69.2. The maximum Gasteiger partial charge on any atom is 0.139 e. The number of pyridine rings is 4. The van der Waals surface area contributed by atoms with Crippen LogP contribution in [0.4, 0.5) is 0 Å². The number of aliphatic hydroxyl groups is 2. The van der Waals surface area contributed by atoms with Crippen molar-refractivity contribution in [3.05, 3.63) is 230 Å². The number of aliphatic hydroxyl groups excluding tert-OH is 2. The molecule has 0 aliphatic carbocycles. The number of furan rings is 2. The van der Waals surface area contributed by atoms with Crippen molar-refractivity contribution in [1.29, 1.82) is 0 Å². The molecule has 0 amide bonds. The van der Waals surface area contributed by atoms with Crippen LogP contribution in [0, 0.1) is 44.2 Å². The van der Waals surface area contributed by atoms with Crippen LogP contribution >= 0.6 is 0 Å². The Kier molecular flexibility index (Phi) is 31.7. The van der Waals surface area contributed by atoms with E-state index in [1.807, 2.05) is 97.3 Å². The Labute approximate surface area is 574 Å². The number of hydrogen-bond donors (Lipinski definition) is 2. The summed E-state index contributed by atoms with van der Waals surface area (Å²) in [5, 5.41) is 21.2. The first-order valence-electron chi connectivity index (χ1n) is 30.0. The molecule has 0 unspecified atom stereocenters. The van der Waals surface area contributed by atoms with E-state index in [0.29, 0.717) is 6.26 Å². The smallest absolute Gasteiger partial charge is 0.139 e. The minimum absolute atomic E-state index is 0. The Morgan fingerprint density at radius 3 is 1.30 bits per heavy atom. The van der Waals surface area contributed by atoms with E-state index in [1.165, 1.54) is 28.3 Å². The van der Waals surface area contributed by atoms with Crippen molar-refractivity contribution in [2.45, 2.75) is 67.3 Å². The Morgan fingerprint density at radius 1 is 0.533 bits per heavy atom. The number of fused-ring (bicyclic) bond motifs is 6. The minimum atomic E-state index is -3.92. The summed E-state index contributed by atoms with van der Waals surface area (Å²) in [5.74, 6) is 2.25. The van der Waals surface area contributed by atoms with Gasteiger partial charge in [0.2, 0.25) is 0 Å². The van der Waals surface area contributed by atoms with Gasteiger partial charge in [-0.05, 0) is 72.6 Å². The van der Waals surface area contributed by atoms with Gasteiger partial charge < -0.3 is 38.6 Å². The predicted octanol–water partition coefficient (Wildman–Crippen LogP) is 14.4. The van der Waals surface area contributed by atoms with Crippen LogP contribution in [0.25, 0.3) is 88.9 Å². The second-order valence-corrected chi connectivity index (χ2v) is 31.9. The summed E-state index contributed by atoms with van der Waals surface area (Å²) in [5.41, 5.74) is 11.6. The molecule has 6 aromatic heterocycles. The largest absolute Gasteiger partial charge is 0.748 e. The van der Waals surface area contributed by atoms with Crippen LogP contribution in [0.2, 0.25) is 39.3 Å². The Hall–Kier alpha value is -7.16. The number of benzene rings is 6. The zero-order valence-corrected chi connectivity index (χ0v) is 58.8. The third-order valence-electron chi connectivity index (χ3n) is 12.0. The first-order valence-corrected chi connectivity index (χ1v) is 35.8. The van der Waals surface area contributed by atoms with Crippen LogP contribution in [0.3, 0.4) is 0 Å². The van der Waals surface area contributed by atoms with Crippen LogP contribution in [0.15, 0.2) is 210 Å².